The lowest BCUT2D eigenvalue weighted by atomic mass is 10.1. The number of nitrogens with two attached hydrogens (primary N) is 1. The van der Waals surface area contributed by atoms with Gasteiger partial charge < -0.3 is 16.2 Å². The number of hydrogen-bond acceptors (Lipinski definition) is 5. The summed E-state index contributed by atoms with van der Waals surface area (Å²) in [5.41, 5.74) is 3.94. The molecule has 0 fully saturated rings. The van der Waals surface area contributed by atoms with E-state index < -0.39 is 23.4 Å². The maximum atomic E-state index is 12.5. The van der Waals surface area contributed by atoms with Crippen molar-refractivity contribution in [3.63, 3.8) is 0 Å². The van der Waals surface area contributed by atoms with Crippen molar-refractivity contribution >= 4 is 18.0 Å². The lowest BCUT2D eigenvalue weighted by molar-refractivity contribution is -0.133. The van der Waals surface area contributed by atoms with E-state index in [0.717, 1.165) is 36.5 Å². The van der Waals surface area contributed by atoms with Gasteiger partial charge in [0.25, 0.3) is 0 Å². The van der Waals surface area contributed by atoms with Gasteiger partial charge in [0.2, 0.25) is 0 Å². The third-order valence-corrected chi connectivity index (χ3v) is 3.50. The van der Waals surface area contributed by atoms with E-state index >= 15 is 0 Å². The first-order valence-corrected chi connectivity index (χ1v) is 7.32. The van der Waals surface area contributed by atoms with Crippen LogP contribution in [0.3, 0.4) is 0 Å². The van der Waals surface area contributed by atoms with Crippen molar-refractivity contribution < 1.29 is 23.1 Å². The highest BCUT2D eigenvalue weighted by atomic mass is 19.4. The summed E-state index contributed by atoms with van der Waals surface area (Å²) in [5, 5.41) is 12.0. The molecule has 1 aliphatic rings. The first kappa shape index (κ1) is 17.8. The molecule has 9 heteroatoms. The number of halogens is 3. The molecule has 0 saturated carbocycles. The number of nitrogens with zero attached hydrogens (tertiary/aromatic N) is 2. The second-order valence-electron chi connectivity index (χ2n) is 5.26. The van der Waals surface area contributed by atoms with Crippen molar-refractivity contribution in [2.75, 3.05) is 18.4 Å². The van der Waals surface area contributed by atoms with E-state index in [1.807, 2.05) is 12.1 Å². The highest BCUT2D eigenvalue weighted by Crippen LogP contribution is 2.23. The summed E-state index contributed by atoms with van der Waals surface area (Å²) in [7, 11) is 0. The van der Waals surface area contributed by atoms with Gasteiger partial charge in [-0.05, 0) is 24.5 Å². The van der Waals surface area contributed by atoms with Crippen LogP contribution in [0.15, 0.2) is 28.4 Å². The summed E-state index contributed by atoms with van der Waals surface area (Å²) in [5.74, 6) is -0.958. The number of aryl methyl sites for hydroxylation is 1. The van der Waals surface area contributed by atoms with Gasteiger partial charge in [-0.2, -0.15) is 13.2 Å². The van der Waals surface area contributed by atoms with Crippen LogP contribution in [0.1, 0.15) is 17.7 Å². The van der Waals surface area contributed by atoms with Crippen LogP contribution < -0.4 is 11.1 Å². The van der Waals surface area contributed by atoms with E-state index in [9.17, 15) is 18.0 Å². The topological polar surface area (TPSA) is 101 Å². The third kappa shape index (κ3) is 4.46. The second-order valence-corrected chi connectivity index (χ2v) is 5.26. The fraction of sp³-hybridized carbons (Fsp3) is 0.400. The molecule has 1 aromatic rings. The molecular formula is C15H17F3N4O2. The predicted octanol–water partition coefficient (Wildman–Crippen LogP) is 1.91. The van der Waals surface area contributed by atoms with Gasteiger partial charge in [-0.1, -0.05) is 6.07 Å². The van der Waals surface area contributed by atoms with Crippen LogP contribution in [-0.4, -0.2) is 41.5 Å². The predicted molar refractivity (Wildman–Crippen MR) is 83.0 cm³/mol. The van der Waals surface area contributed by atoms with E-state index in [-0.39, 0.29) is 6.54 Å². The minimum atomic E-state index is -4.91. The molecule has 6 nitrogen and oxygen atoms in total. The molecule has 0 aromatic carbocycles. The number of alkyl halides is 3. The summed E-state index contributed by atoms with van der Waals surface area (Å²) < 4.78 is 37.4. The van der Waals surface area contributed by atoms with E-state index in [2.05, 4.69) is 15.3 Å². The Labute approximate surface area is 136 Å². The number of carbonyl (C=O) groups is 1. The Bertz CT molecular complexity index is 684. The monoisotopic (exact) mass is 342 g/mol. The zero-order valence-electron chi connectivity index (χ0n) is 12.7. The number of aromatic nitrogens is 1. The maximum absolute atomic E-state index is 12.5. The molecule has 1 aliphatic heterocycles. The first-order chi connectivity index (χ1) is 11.3. The van der Waals surface area contributed by atoms with Crippen LogP contribution in [0.4, 0.5) is 19.0 Å². The minimum Gasteiger partial charge on any atom is -0.478 e. The highest BCUT2D eigenvalue weighted by molar-refractivity contribution is 6.09. The van der Waals surface area contributed by atoms with Gasteiger partial charge in [-0.25, -0.2) is 9.78 Å². The van der Waals surface area contributed by atoms with Crippen molar-refractivity contribution in [1.82, 2.24) is 4.98 Å². The standard InChI is InChI=1S/C15H17F3N4O2/c16-15(17,18)12(19)11(14(23)24)8-20-7-5-10-4-3-9-2-1-6-21-13(9)22-10/h3-4,8H,1-2,5-7,19H2,(H,21,22)(H,23,24). The SMILES string of the molecule is NC(=C(C=NCCc1ccc2c(n1)NCCC2)C(=O)O)C(F)(F)F. The summed E-state index contributed by atoms with van der Waals surface area (Å²) in [6, 6.07) is 3.79. The quantitative estimate of drug-likeness (QED) is 0.561. The van der Waals surface area contributed by atoms with Gasteiger partial charge in [0.1, 0.15) is 17.1 Å². The number of aliphatic carboxylic acids is 1. The molecule has 0 aliphatic carbocycles. The molecule has 1 aromatic heterocycles. The molecule has 0 spiro atoms. The smallest absolute Gasteiger partial charge is 0.431 e. The lowest BCUT2D eigenvalue weighted by Crippen LogP contribution is -2.25. The molecular weight excluding hydrogens is 325 g/mol. The van der Waals surface area contributed by atoms with E-state index in [4.69, 9.17) is 10.8 Å². The molecule has 0 bridgehead atoms. The van der Waals surface area contributed by atoms with Gasteiger partial charge in [0.15, 0.2) is 0 Å². The Hall–Kier alpha value is -2.58. The van der Waals surface area contributed by atoms with Crippen LogP contribution in [0.5, 0.6) is 0 Å². The van der Waals surface area contributed by atoms with Crippen LogP contribution in [0, 0.1) is 0 Å². The van der Waals surface area contributed by atoms with Crippen molar-refractivity contribution in [3.05, 3.63) is 34.7 Å². The minimum absolute atomic E-state index is 0.105. The molecule has 0 radical (unpaired) electrons. The number of hydrogen-bond donors (Lipinski definition) is 3. The first-order valence-electron chi connectivity index (χ1n) is 7.32. The Balaban J connectivity index is 2.02. The number of aliphatic imine (C=N–C) groups is 1. The van der Waals surface area contributed by atoms with Crippen molar-refractivity contribution in [2.45, 2.75) is 25.4 Å². The molecule has 0 atom stereocenters. The van der Waals surface area contributed by atoms with Crippen molar-refractivity contribution in [2.24, 2.45) is 10.7 Å². The molecule has 0 amide bonds. The van der Waals surface area contributed by atoms with Gasteiger partial charge in [-0.3, -0.25) is 4.99 Å². The average molecular weight is 342 g/mol. The Morgan fingerprint density at radius 1 is 1.46 bits per heavy atom. The van der Waals surface area contributed by atoms with Gasteiger partial charge >= 0.3 is 12.1 Å². The zero-order valence-corrected chi connectivity index (χ0v) is 12.7. The molecule has 2 heterocycles. The number of fused-ring (bicyclic) bond motifs is 1. The second kappa shape index (κ2) is 7.33. The highest BCUT2D eigenvalue weighted by Gasteiger charge is 2.35. The number of rotatable bonds is 5. The number of pyridine rings is 1. The summed E-state index contributed by atoms with van der Waals surface area (Å²) >= 11 is 0. The van der Waals surface area contributed by atoms with Crippen LogP contribution in [0.2, 0.25) is 0 Å². The fourth-order valence-electron chi connectivity index (χ4n) is 2.24. The van der Waals surface area contributed by atoms with Crippen molar-refractivity contribution in [1.29, 1.82) is 0 Å². The number of anilines is 1. The molecule has 24 heavy (non-hydrogen) atoms. The molecule has 130 valence electrons. The number of carboxylic acid groups (broad SMARTS) is 1. The Morgan fingerprint density at radius 2 is 2.21 bits per heavy atom. The van der Waals surface area contributed by atoms with Crippen LogP contribution in [0.25, 0.3) is 0 Å². The fourth-order valence-corrected chi connectivity index (χ4v) is 2.24. The summed E-state index contributed by atoms with van der Waals surface area (Å²) in [6.07, 6.45) is -1.89. The summed E-state index contributed by atoms with van der Waals surface area (Å²) in [6.45, 7) is 0.957. The van der Waals surface area contributed by atoms with E-state index in [0.29, 0.717) is 12.6 Å². The largest absolute Gasteiger partial charge is 0.478 e. The van der Waals surface area contributed by atoms with Crippen molar-refractivity contribution in [3.8, 4) is 0 Å². The van der Waals surface area contributed by atoms with E-state index in [1.54, 1.807) is 0 Å². The van der Waals surface area contributed by atoms with E-state index in [1.165, 1.54) is 0 Å². The maximum Gasteiger partial charge on any atom is 0.431 e. The Morgan fingerprint density at radius 3 is 2.88 bits per heavy atom. The van der Waals surface area contributed by atoms with Gasteiger partial charge in [0.05, 0.1) is 0 Å². The number of nitrogens with one attached hydrogen (secondary N) is 1. The molecule has 0 saturated heterocycles. The summed E-state index contributed by atoms with van der Waals surface area (Å²) in [4.78, 5) is 19.0. The normalized spacial score (nSPS) is 15.6. The van der Waals surface area contributed by atoms with Crippen LogP contribution >= 0.6 is 0 Å². The van der Waals surface area contributed by atoms with Gasteiger partial charge in [0, 0.05) is 31.4 Å². The van der Waals surface area contributed by atoms with Gasteiger partial charge in [-0.15, -0.1) is 0 Å². The Kier molecular flexibility index (Phi) is 5.42. The molecule has 4 N–H and O–H groups in total. The number of carboxylic acids is 1. The number of allylic oxidation sites excluding steroid dienone is 1. The average Bonchev–Trinajstić information content (AvgIpc) is 2.53. The molecule has 2 rings (SSSR count). The zero-order chi connectivity index (χ0) is 17.7. The lowest BCUT2D eigenvalue weighted by Gasteiger charge is -2.17. The third-order valence-electron chi connectivity index (χ3n) is 3.50. The molecule has 0 unspecified atom stereocenters. The van der Waals surface area contributed by atoms with Crippen LogP contribution in [-0.2, 0) is 17.6 Å².